The molecule has 15 heavy (non-hydrogen) atoms. The van der Waals surface area contributed by atoms with Gasteiger partial charge in [-0.15, -0.1) is 0 Å². The maximum atomic E-state index is 12.0. The van der Waals surface area contributed by atoms with Crippen molar-refractivity contribution >= 4 is 5.78 Å². The van der Waals surface area contributed by atoms with E-state index in [2.05, 4.69) is 25.9 Å². The molecule has 3 nitrogen and oxygen atoms in total. The largest absolute Gasteiger partial charge is 0.294 e. The van der Waals surface area contributed by atoms with Crippen LogP contribution in [0.25, 0.3) is 0 Å². The highest BCUT2D eigenvalue weighted by molar-refractivity contribution is 5.99. The molecule has 2 rings (SSSR count). The van der Waals surface area contributed by atoms with Crippen LogP contribution in [-0.4, -0.2) is 15.6 Å². The Morgan fingerprint density at radius 3 is 2.67 bits per heavy atom. The molecule has 82 valence electrons. The van der Waals surface area contributed by atoms with E-state index in [9.17, 15) is 4.79 Å². The minimum Gasteiger partial charge on any atom is -0.294 e. The fourth-order valence-corrected chi connectivity index (χ4v) is 2.43. The van der Waals surface area contributed by atoms with Crippen LogP contribution in [0.5, 0.6) is 0 Å². The summed E-state index contributed by atoms with van der Waals surface area (Å²) in [7, 11) is 1.94. The zero-order chi connectivity index (χ0) is 11.2. The summed E-state index contributed by atoms with van der Waals surface area (Å²) in [6, 6.07) is 0. The van der Waals surface area contributed by atoms with E-state index >= 15 is 0 Å². The van der Waals surface area contributed by atoms with Gasteiger partial charge in [0.1, 0.15) is 0 Å². The Kier molecular flexibility index (Phi) is 2.21. The van der Waals surface area contributed by atoms with Gasteiger partial charge in [0.2, 0.25) is 0 Å². The van der Waals surface area contributed by atoms with E-state index in [1.165, 1.54) is 0 Å². The van der Waals surface area contributed by atoms with Crippen molar-refractivity contribution in [1.82, 2.24) is 9.78 Å². The molecule has 0 amide bonds. The summed E-state index contributed by atoms with van der Waals surface area (Å²) < 4.78 is 1.88. The number of nitrogens with zero attached hydrogens (tertiary/aromatic N) is 2. The third-order valence-corrected chi connectivity index (χ3v) is 3.14. The molecule has 0 fully saturated rings. The van der Waals surface area contributed by atoms with Gasteiger partial charge < -0.3 is 0 Å². The number of fused-ring (bicyclic) bond motifs is 1. The first-order valence-electron chi connectivity index (χ1n) is 5.52. The normalized spacial score (nSPS) is 19.1. The molecule has 0 aromatic carbocycles. The highest BCUT2D eigenvalue weighted by Gasteiger charge is 2.35. The van der Waals surface area contributed by atoms with Gasteiger partial charge >= 0.3 is 0 Å². The van der Waals surface area contributed by atoms with Crippen LogP contribution in [0, 0.1) is 5.41 Å². The zero-order valence-electron chi connectivity index (χ0n) is 9.92. The molecule has 0 saturated heterocycles. The van der Waals surface area contributed by atoms with Gasteiger partial charge in [0.15, 0.2) is 5.78 Å². The molecule has 0 atom stereocenters. The minimum atomic E-state index is 0.0862. The van der Waals surface area contributed by atoms with Crippen molar-refractivity contribution < 1.29 is 4.79 Å². The van der Waals surface area contributed by atoms with Crippen LogP contribution in [0.2, 0.25) is 0 Å². The van der Waals surface area contributed by atoms with Crippen LogP contribution in [0.1, 0.15) is 48.9 Å². The van der Waals surface area contributed by atoms with E-state index in [1.807, 2.05) is 11.7 Å². The zero-order valence-corrected chi connectivity index (χ0v) is 9.92. The predicted molar refractivity (Wildman–Crippen MR) is 59.0 cm³/mol. The summed E-state index contributed by atoms with van der Waals surface area (Å²) >= 11 is 0. The molecule has 0 aliphatic heterocycles. The number of hydrogen-bond acceptors (Lipinski definition) is 2. The number of Topliss-reactive ketones (excluding diaryl/α,β-unsaturated/α-hetero) is 1. The third-order valence-electron chi connectivity index (χ3n) is 3.14. The van der Waals surface area contributed by atoms with Gasteiger partial charge in [-0.3, -0.25) is 9.48 Å². The molecule has 0 saturated carbocycles. The first kappa shape index (κ1) is 10.4. The first-order chi connectivity index (χ1) is 6.94. The van der Waals surface area contributed by atoms with Crippen LogP contribution < -0.4 is 0 Å². The number of aromatic nitrogens is 2. The molecule has 0 radical (unpaired) electrons. The Labute approximate surface area is 90.5 Å². The van der Waals surface area contributed by atoms with Gasteiger partial charge in [-0.25, -0.2) is 0 Å². The quantitative estimate of drug-likeness (QED) is 0.705. The predicted octanol–water partition coefficient (Wildman–Crippen LogP) is 2.14. The van der Waals surface area contributed by atoms with E-state index in [-0.39, 0.29) is 11.2 Å². The van der Waals surface area contributed by atoms with Crippen molar-refractivity contribution in [1.29, 1.82) is 0 Å². The van der Waals surface area contributed by atoms with Gasteiger partial charge in [0.25, 0.3) is 0 Å². The lowest BCUT2D eigenvalue weighted by Crippen LogP contribution is -2.28. The average molecular weight is 206 g/mol. The molecule has 1 aliphatic rings. The Bertz CT molecular complexity index is 416. The topological polar surface area (TPSA) is 34.9 Å². The van der Waals surface area contributed by atoms with E-state index < -0.39 is 0 Å². The lowest BCUT2D eigenvalue weighted by Gasteiger charge is -2.28. The minimum absolute atomic E-state index is 0.0862. The molecule has 1 aromatic heterocycles. The van der Waals surface area contributed by atoms with Crippen LogP contribution in [0.3, 0.4) is 0 Å². The van der Waals surface area contributed by atoms with Crippen LogP contribution in [0.15, 0.2) is 0 Å². The maximum absolute atomic E-state index is 12.0. The van der Waals surface area contributed by atoms with Crippen molar-refractivity contribution in [3.05, 3.63) is 17.0 Å². The second kappa shape index (κ2) is 3.19. The summed E-state index contributed by atoms with van der Waals surface area (Å²) in [6.45, 7) is 6.34. The van der Waals surface area contributed by atoms with E-state index in [0.29, 0.717) is 6.42 Å². The third kappa shape index (κ3) is 1.60. The number of aryl methyl sites for hydroxylation is 2. The molecule has 0 N–H and O–H groups in total. The fourth-order valence-electron chi connectivity index (χ4n) is 2.43. The molecule has 0 bridgehead atoms. The lowest BCUT2D eigenvalue weighted by molar-refractivity contribution is 0.0909. The Morgan fingerprint density at radius 2 is 2.07 bits per heavy atom. The summed E-state index contributed by atoms with van der Waals surface area (Å²) in [4.78, 5) is 12.0. The Balaban J connectivity index is 2.56. The van der Waals surface area contributed by atoms with Crippen molar-refractivity contribution in [3.8, 4) is 0 Å². The molecule has 3 heteroatoms. The van der Waals surface area contributed by atoms with Crippen LogP contribution >= 0.6 is 0 Å². The van der Waals surface area contributed by atoms with E-state index in [1.54, 1.807) is 0 Å². The van der Waals surface area contributed by atoms with Crippen molar-refractivity contribution in [2.45, 2.75) is 40.0 Å². The van der Waals surface area contributed by atoms with Crippen LogP contribution in [0.4, 0.5) is 0 Å². The molecule has 0 spiro atoms. The number of carbonyl (C=O) groups excluding carboxylic acids is 1. The maximum Gasteiger partial charge on any atom is 0.167 e. The van der Waals surface area contributed by atoms with E-state index in [4.69, 9.17) is 0 Å². The average Bonchev–Trinajstić information content (AvgIpc) is 2.41. The molecular weight excluding hydrogens is 188 g/mol. The van der Waals surface area contributed by atoms with Gasteiger partial charge in [0.05, 0.1) is 11.3 Å². The molecule has 1 aromatic rings. The standard InChI is InChI=1S/C12H18N2O/c1-5-8-11-9(14(4)13-8)6-12(2,3)7-10(11)15/h5-7H2,1-4H3. The van der Waals surface area contributed by atoms with Gasteiger partial charge in [0, 0.05) is 19.2 Å². The number of ketones is 1. The monoisotopic (exact) mass is 206 g/mol. The van der Waals surface area contributed by atoms with E-state index in [0.717, 1.165) is 29.8 Å². The summed E-state index contributed by atoms with van der Waals surface area (Å²) in [5, 5.41) is 4.42. The number of rotatable bonds is 1. The summed E-state index contributed by atoms with van der Waals surface area (Å²) in [6.07, 6.45) is 2.45. The van der Waals surface area contributed by atoms with Crippen LogP contribution in [-0.2, 0) is 19.9 Å². The van der Waals surface area contributed by atoms with Gasteiger partial charge in [-0.2, -0.15) is 5.10 Å². The molecular formula is C12H18N2O. The van der Waals surface area contributed by atoms with Gasteiger partial charge in [-0.05, 0) is 18.3 Å². The molecule has 0 unspecified atom stereocenters. The second-order valence-corrected chi connectivity index (χ2v) is 5.19. The summed E-state index contributed by atoms with van der Waals surface area (Å²) in [5.74, 6) is 0.270. The Morgan fingerprint density at radius 1 is 1.40 bits per heavy atom. The number of hydrogen-bond donors (Lipinski definition) is 0. The smallest absolute Gasteiger partial charge is 0.167 e. The fraction of sp³-hybridized carbons (Fsp3) is 0.667. The SMILES string of the molecule is CCc1nn(C)c2c1C(=O)CC(C)(C)C2. The Hall–Kier alpha value is -1.12. The van der Waals surface area contributed by atoms with Crippen molar-refractivity contribution in [3.63, 3.8) is 0 Å². The summed E-state index contributed by atoms with van der Waals surface area (Å²) in [5.41, 5.74) is 3.07. The van der Waals surface area contributed by atoms with Crippen molar-refractivity contribution in [2.75, 3.05) is 0 Å². The molecule has 1 heterocycles. The second-order valence-electron chi connectivity index (χ2n) is 5.19. The highest BCUT2D eigenvalue weighted by atomic mass is 16.1. The first-order valence-corrected chi connectivity index (χ1v) is 5.52. The van der Waals surface area contributed by atoms with Gasteiger partial charge in [-0.1, -0.05) is 20.8 Å². The lowest BCUT2D eigenvalue weighted by atomic mass is 9.75. The highest BCUT2D eigenvalue weighted by Crippen LogP contribution is 2.35. The molecule has 1 aliphatic carbocycles. The number of carbonyl (C=O) groups is 1. The van der Waals surface area contributed by atoms with Crippen molar-refractivity contribution in [2.24, 2.45) is 12.5 Å².